The first-order valence-corrected chi connectivity index (χ1v) is 10.8. The predicted molar refractivity (Wildman–Crippen MR) is 113 cm³/mol. The quantitative estimate of drug-likeness (QED) is 0.582. The lowest BCUT2D eigenvalue weighted by molar-refractivity contribution is 0.0347. The minimum Gasteiger partial charge on any atom is -0.334 e. The van der Waals surface area contributed by atoms with Crippen LogP contribution in [0.5, 0.6) is 0 Å². The van der Waals surface area contributed by atoms with Gasteiger partial charge in [0.2, 0.25) is 0 Å². The number of halogens is 3. The van der Waals surface area contributed by atoms with E-state index in [-0.39, 0.29) is 17.0 Å². The van der Waals surface area contributed by atoms with Gasteiger partial charge in [-0.1, -0.05) is 23.7 Å². The zero-order valence-corrected chi connectivity index (χ0v) is 17.3. The average Bonchev–Trinajstić information content (AvgIpc) is 3.22. The Hall–Kier alpha value is -2.02. The van der Waals surface area contributed by atoms with Gasteiger partial charge < -0.3 is 10.2 Å². The number of amides is 1. The Morgan fingerprint density at radius 3 is 2.76 bits per heavy atom. The molecule has 7 heteroatoms. The maximum atomic E-state index is 14.1. The van der Waals surface area contributed by atoms with Gasteiger partial charge in [-0.3, -0.25) is 4.79 Å². The molecular formula is C22H19ClF2N2OS. The van der Waals surface area contributed by atoms with E-state index in [4.69, 9.17) is 11.6 Å². The number of rotatable bonds is 2. The fraction of sp³-hybridized carbons (Fsp3) is 0.318. The van der Waals surface area contributed by atoms with E-state index in [2.05, 4.69) is 12.2 Å². The van der Waals surface area contributed by atoms with Crippen LogP contribution in [0.25, 0.3) is 21.2 Å². The second kappa shape index (κ2) is 6.76. The van der Waals surface area contributed by atoms with Crippen molar-refractivity contribution < 1.29 is 13.6 Å². The van der Waals surface area contributed by atoms with Crippen LogP contribution < -0.4 is 5.32 Å². The number of likely N-dealkylation sites (tertiary alicyclic amines) is 1. The van der Waals surface area contributed by atoms with Crippen LogP contribution in [0.1, 0.15) is 29.4 Å². The summed E-state index contributed by atoms with van der Waals surface area (Å²) in [5.74, 6) is -1.06. The first-order chi connectivity index (χ1) is 13.8. The number of hydrogen-bond donors (Lipinski definition) is 1. The van der Waals surface area contributed by atoms with E-state index in [9.17, 15) is 13.6 Å². The fourth-order valence-corrected chi connectivity index (χ4v) is 5.99. The van der Waals surface area contributed by atoms with Crippen molar-refractivity contribution in [1.29, 1.82) is 0 Å². The highest BCUT2D eigenvalue weighted by Gasteiger charge is 2.49. The molecule has 3 aromatic rings. The highest BCUT2D eigenvalue weighted by atomic mass is 35.5. The molecule has 0 bridgehead atoms. The number of fused-ring (bicyclic) bond motifs is 1. The van der Waals surface area contributed by atoms with Crippen molar-refractivity contribution in [2.75, 3.05) is 13.1 Å². The number of thiophene rings is 1. The molecule has 0 saturated carbocycles. The van der Waals surface area contributed by atoms with Gasteiger partial charge in [0.15, 0.2) is 0 Å². The summed E-state index contributed by atoms with van der Waals surface area (Å²) in [5.41, 5.74) is 0.800. The Bertz CT molecular complexity index is 1140. The predicted octanol–water partition coefficient (Wildman–Crippen LogP) is 5.47. The van der Waals surface area contributed by atoms with Crippen molar-refractivity contribution in [3.8, 4) is 11.1 Å². The van der Waals surface area contributed by atoms with Gasteiger partial charge in [-0.15, -0.1) is 11.3 Å². The Balaban J connectivity index is 1.44. The van der Waals surface area contributed by atoms with Crippen LogP contribution in [0.2, 0.25) is 5.02 Å². The summed E-state index contributed by atoms with van der Waals surface area (Å²) in [7, 11) is 0. The van der Waals surface area contributed by atoms with Crippen molar-refractivity contribution in [3.63, 3.8) is 0 Å². The first-order valence-electron chi connectivity index (χ1n) is 9.60. The molecule has 1 amide bonds. The number of nitrogens with one attached hydrogen (secondary N) is 1. The smallest absolute Gasteiger partial charge is 0.265 e. The Labute approximate surface area is 176 Å². The third kappa shape index (κ3) is 3.14. The Morgan fingerprint density at radius 2 is 2.03 bits per heavy atom. The van der Waals surface area contributed by atoms with Gasteiger partial charge in [0.1, 0.15) is 16.5 Å². The van der Waals surface area contributed by atoms with Gasteiger partial charge in [-0.2, -0.15) is 0 Å². The van der Waals surface area contributed by atoms with Crippen molar-refractivity contribution in [3.05, 3.63) is 57.9 Å². The molecule has 1 unspecified atom stereocenters. The Morgan fingerprint density at radius 1 is 1.24 bits per heavy atom. The number of hydrogen-bond acceptors (Lipinski definition) is 3. The molecule has 2 saturated heterocycles. The van der Waals surface area contributed by atoms with E-state index in [1.807, 2.05) is 4.90 Å². The fourth-order valence-electron chi connectivity index (χ4n) is 4.47. The lowest BCUT2D eigenvalue weighted by atomic mass is 9.88. The summed E-state index contributed by atoms with van der Waals surface area (Å²) in [6, 6.07) is 9.10. The SMILES string of the molecule is CC1CCC2(CN(C(=O)c3sc4cc(-c5cc(F)ccc5F)ccc4c3Cl)C2)N1. The Kier molecular flexibility index (Phi) is 4.42. The molecule has 2 aliphatic heterocycles. The summed E-state index contributed by atoms with van der Waals surface area (Å²) >= 11 is 7.82. The molecular weight excluding hydrogens is 414 g/mol. The summed E-state index contributed by atoms with van der Waals surface area (Å²) in [6.07, 6.45) is 2.21. The van der Waals surface area contributed by atoms with Crippen LogP contribution in [0.4, 0.5) is 8.78 Å². The third-order valence-electron chi connectivity index (χ3n) is 5.95. The minimum atomic E-state index is -0.497. The maximum absolute atomic E-state index is 14.1. The summed E-state index contributed by atoms with van der Waals surface area (Å²) in [5, 5.41) is 4.77. The van der Waals surface area contributed by atoms with Crippen LogP contribution in [0, 0.1) is 11.6 Å². The van der Waals surface area contributed by atoms with Crippen molar-refractivity contribution in [1.82, 2.24) is 10.2 Å². The standard InChI is InChI=1S/C22H19ClF2N2OS/c1-12-6-7-22(26-12)10-27(11-22)21(28)20-19(23)15-4-2-13(8-18(15)29-20)16-9-14(24)3-5-17(16)25/h2-5,8-9,12,26H,6-7,10-11H2,1H3. The van der Waals surface area contributed by atoms with E-state index in [0.29, 0.717) is 34.6 Å². The van der Waals surface area contributed by atoms with E-state index in [1.165, 1.54) is 17.4 Å². The molecule has 150 valence electrons. The van der Waals surface area contributed by atoms with Gasteiger partial charge in [-0.25, -0.2) is 8.78 Å². The van der Waals surface area contributed by atoms with Crippen LogP contribution >= 0.6 is 22.9 Å². The van der Waals surface area contributed by atoms with Crippen LogP contribution in [-0.2, 0) is 0 Å². The lowest BCUT2D eigenvalue weighted by Crippen LogP contribution is -2.68. The number of carbonyl (C=O) groups excluding carboxylic acids is 1. The molecule has 1 N–H and O–H groups in total. The zero-order valence-electron chi connectivity index (χ0n) is 15.8. The minimum absolute atomic E-state index is 0.0559. The second-order valence-electron chi connectivity index (χ2n) is 8.11. The molecule has 2 aromatic carbocycles. The third-order valence-corrected chi connectivity index (χ3v) is 7.59. The molecule has 1 aromatic heterocycles. The zero-order chi connectivity index (χ0) is 20.3. The van der Waals surface area contributed by atoms with Gasteiger partial charge in [0.25, 0.3) is 5.91 Å². The monoisotopic (exact) mass is 432 g/mol. The normalized spacial score (nSPS) is 20.4. The lowest BCUT2D eigenvalue weighted by Gasteiger charge is -2.48. The van der Waals surface area contributed by atoms with E-state index in [0.717, 1.165) is 35.1 Å². The van der Waals surface area contributed by atoms with Gasteiger partial charge in [-0.05, 0) is 49.6 Å². The molecule has 5 rings (SSSR count). The maximum Gasteiger partial charge on any atom is 0.265 e. The van der Waals surface area contributed by atoms with E-state index >= 15 is 0 Å². The molecule has 29 heavy (non-hydrogen) atoms. The summed E-state index contributed by atoms with van der Waals surface area (Å²) < 4.78 is 28.5. The van der Waals surface area contributed by atoms with Gasteiger partial charge >= 0.3 is 0 Å². The van der Waals surface area contributed by atoms with Crippen LogP contribution in [0.3, 0.4) is 0 Å². The molecule has 2 aliphatic rings. The highest BCUT2D eigenvalue weighted by molar-refractivity contribution is 7.21. The van der Waals surface area contributed by atoms with E-state index < -0.39 is 11.6 Å². The summed E-state index contributed by atoms with van der Waals surface area (Å²) in [6.45, 7) is 3.56. The molecule has 1 atom stereocenters. The summed E-state index contributed by atoms with van der Waals surface area (Å²) in [4.78, 5) is 15.3. The molecule has 0 aliphatic carbocycles. The average molecular weight is 433 g/mol. The molecule has 1 spiro atoms. The van der Waals surface area contributed by atoms with Crippen molar-refractivity contribution in [2.24, 2.45) is 0 Å². The molecule has 0 radical (unpaired) electrons. The highest BCUT2D eigenvalue weighted by Crippen LogP contribution is 2.41. The van der Waals surface area contributed by atoms with Gasteiger partial charge in [0, 0.05) is 34.8 Å². The van der Waals surface area contributed by atoms with Crippen LogP contribution in [0.15, 0.2) is 36.4 Å². The number of carbonyl (C=O) groups is 1. The van der Waals surface area contributed by atoms with Gasteiger partial charge in [0.05, 0.1) is 10.6 Å². The largest absolute Gasteiger partial charge is 0.334 e. The van der Waals surface area contributed by atoms with Crippen molar-refractivity contribution >= 4 is 38.9 Å². The number of benzene rings is 2. The van der Waals surface area contributed by atoms with Crippen molar-refractivity contribution in [2.45, 2.75) is 31.3 Å². The number of nitrogens with zero attached hydrogens (tertiary/aromatic N) is 1. The van der Waals surface area contributed by atoms with Crippen LogP contribution in [-0.4, -0.2) is 35.5 Å². The molecule has 3 nitrogen and oxygen atoms in total. The topological polar surface area (TPSA) is 32.3 Å². The molecule has 3 heterocycles. The van der Waals surface area contributed by atoms with E-state index in [1.54, 1.807) is 18.2 Å². The molecule has 2 fully saturated rings. The first kappa shape index (κ1) is 19.0. The second-order valence-corrected chi connectivity index (χ2v) is 9.54.